The number of carbonyl (C=O) groups is 2. The van der Waals surface area contributed by atoms with Crippen molar-refractivity contribution in [3.63, 3.8) is 0 Å². The molecule has 0 bridgehead atoms. The van der Waals surface area contributed by atoms with Gasteiger partial charge >= 0.3 is 0 Å². The molecular formula is C20H21N3O4S2. The van der Waals surface area contributed by atoms with E-state index in [4.69, 9.17) is 8.94 Å². The monoisotopic (exact) mass is 431 g/mol. The average molecular weight is 432 g/mol. The molecule has 1 unspecified atom stereocenters. The predicted molar refractivity (Wildman–Crippen MR) is 111 cm³/mol. The number of nitrogens with zero attached hydrogens (tertiary/aromatic N) is 2. The van der Waals surface area contributed by atoms with Crippen molar-refractivity contribution < 1.29 is 18.5 Å². The second-order valence-electron chi connectivity index (χ2n) is 7.13. The van der Waals surface area contributed by atoms with Gasteiger partial charge in [-0.05, 0) is 42.9 Å². The molecule has 3 aromatic rings. The van der Waals surface area contributed by atoms with Gasteiger partial charge in [-0.3, -0.25) is 9.59 Å². The summed E-state index contributed by atoms with van der Waals surface area (Å²) in [4.78, 5) is 30.9. The van der Waals surface area contributed by atoms with Crippen molar-refractivity contribution in [2.75, 3.05) is 11.1 Å². The number of rotatable bonds is 7. The minimum atomic E-state index is -0.174. The Labute approximate surface area is 176 Å². The molecule has 1 atom stereocenters. The molecule has 0 saturated heterocycles. The van der Waals surface area contributed by atoms with Crippen molar-refractivity contribution in [1.82, 2.24) is 10.1 Å². The van der Waals surface area contributed by atoms with E-state index >= 15 is 0 Å². The van der Waals surface area contributed by atoms with E-state index in [1.54, 1.807) is 19.1 Å². The number of thioether (sulfide) groups is 1. The smallest absolute Gasteiger partial charge is 0.235 e. The summed E-state index contributed by atoms with van der Waals surface area (Å²) in [5, 5.41) is 7.39. The van der Waals surface area contributed by atoms with Crippen LogP contribution in [0, 0.1) is 12.8 Å². The third-order valence-corrected chi connectivity index (χ3v) is 6.87. The molecule has 0 saturated carbocycles. The lowest BCUT2D eigenvalue weighted by molar-refractivity contribution is -0.113. The fourth-order valence-electron chi connectivity index (χ4n) is 3.41. The van der Waals surface area contributed by atoms with Gasteiger partial charge in [-0.1, -0.05) is 12.1 Å². The van der Waals surface area contributed by atoms with Crippen molar-refractivity contribution in [3.8, 4) is 0 Å². The maximum Gasteiger partial charge on any atom is 0.235 e. The highest BCUT2D eigenvalue weighted by Crippen LogP contribution is 2.40. The molecule has 1 aliphatic rings. The van der Waals surface area contributed by atoms with Crippen LogP contribution in [0.1, 0.15) is 51.6 Å². The molecule has 1 aliphatic carbocycles. The van der Waals surface area contributed by atoms with Crippen LogP contribution in [0.25, 0.3) is 0 Å². The quantitative estimate of drug-likeness (QED) is 0.558. The Morgan fingerprint density at radius 2 is 2.28 bits per heavy atom. The molecule has 29 heavy (non-hydrogen) atoms. The highest BCUT2D eigenvalue weighted by molar-refractivity contribution is 7.99. The number of ketones is 1. The highest BCUT2D eigenvalue weighted by Gasteiger charge is 2.29. The summed E-state index contributed by atoms with van der Waals surface area (Å²) in [5.74, 6) is 2.33. The number of nitrogens with one attached hydrogen (secondary N) is 1. The van der Waals surface area contributed by atoms with Crippen molar-refractivity contribution in [2.45, 2.75) is 38.9 Å². The number of furan rings is 1. The number of fused-ring (bicyclic) bond motifs is 1. The number of hydrogen-bond donors (Lipinski definition) is 1. The lowest BCUT2D eigenvalue weighted by atomic mass is 9.87. The molecule has 9 heteroatoms. The molecule has 0 fully saturated rings. The van der Waals surface area contributed by atoms with Gasteiger partial charge in [0.2, 0.25) is 17.6 Å². The van der Waals surface area contributed by atoms with Gasteiger partial charge in [-0.15, -0.1) is 23.1 Å². The third kappa shape index (κ3) is 4.45. The Bertz CT molecular complexity index is 1020. The van der Waals surface area contributed by atoms with Crippen LogP contribution in [-0.4, -0.2) is 27.6 Å². The number of amides is 1. The van der Waals surface area contributed by atoms with Crippen LogP contribution >= 0.6 is 23.1 Å². The maximum atomic E-state index is 13.1. The van der Waals surface area contributed by atoms with Gasteiger partial charge < -0.3 is 14.3 Å². The van der Waals surface area contributed by atoms with E-state index in [1.165, 1.54) is 34.2 Å². The normalized spacial score (nSPS) is 15.9. The van der Waals surface area contributed by atoms with Crippen LogP contribution in [0.4, 0.5) is 5.00 Å². The Morgan fingerprint density at radius 1 is 1.41 bits per heavy atom. The van der Waals surface area contributed by atoms with Crippen molar-refractivity contribution in [3.05, 3.63) is 51.9 Å². The SMILES string of the molecule is Cc1nc(CSCC(=O)Nc2sc3c(c2C(=O)c2ccco2)CCC(C)C3)no1. The first kappa shape index (κ1) is 19.9. The Balaban J connectivity index is 1.50. The standard InChI is InChI=1S/C20H21N3O4S2/c1-11-5-6-13-15(8-11)29-20(18(13)19(25)14-4-3-7-26-14)22-17(24)10-28-9-16-21-12(2)27-23-16/h3-4,7,11H,5-6,8-10H2,1-2H3,(H,22,24). The first-order chi connectivity index (χ1) is 14.0. The summed E-state index contributed by atoms with van der Waals surface area (Å²) >= 11 is 2.91. The number of aryl methyl sites for hydroxylation is 1. The third-order valence-electron chi connectivity index (χ3n) is 4.77. The molecule has 3 heterocycles. The Hall–Kier alpha value is -2.39. The van der Waals surface area contributed by atoms with Crippen molar-refractivity contribution in [1.29, 1.82) is 0 Å². The molecule has 0 spiro atoms. The van der Waals surface area contributed by atoms with Gasteiger partial charge in [0.25, 0.3) is 0 Å². The fraction of sp³-hybridized carbons (Fsp3) is 0.400. The molecule has 1 amide bonds. The number of anilines is 1. The minimum absolute atomic E-state index is 0.157. The number of carbonyl (C=O) groups excluding carboxylic acids is 2. The molecule has 0 aromatic carbocycles. The molecule has 0 aliphatic heterocycles. The van der Waals surface area contributed by atoms with Crippen LogP contribution in [0.3, 0.4) is 0 Å². The second-order valence-corrected chi connectivity index (χ2v) is 9.22. The molecule has 1 N–H and O–H groups in total. The summed E-state index contributed by atoms with van der Waals surface area (Å²) in [6.07, 6.45) is 4.30. The Morgan fingerprint density at radius 3 is 3.00 bits per heavy atom. The maximum absolute atomic E-state index is 13.1. The van der Waals surface area contributed by atoms with E-state index in [-0.39, 0.29) is 17.4 Å². The summed E-state index contributed by atoms with van der Waals surface area (Å²) in [6, 6.07) is 3.36. The van der Waals surface area contributed by atoms with Crippen LogP contribution in [0.2, 0.25) is 0 Å². The van der Waals surface area contributed by atoms with Crippen molar-refractivity contribution in [2.24, 2.45) is 5.92 Å². The Kier molecular flexibility index (Phi) is 5.86. The van der Waals surface area contributed by atoms with Gasteiger partial charge in [-0.25, -0.2) is 0 Å². The number of hydrogen-bond acceptors (Lipinski definition) is 8. The molecule has 0 radical (unpaired) electrons. The lowest BCUT2D eigenvalue weighted by Gasteiger charge is -2.18. The van der Waals surface area contributed by atoms with Gasteiger partial charge in [0.05, 0.1) is 23.3 Å². The fourth-order valence-corrected chi connectivity index (χ4v) is 5.49. The van der Waals surface area contributed by atoms with Crippen LogP contribution in [-0.2, 0) is 23.4 Å². The largest absolute Gasteiger partial charge is 0.461 e. The summed E-state index contributed by atoms with van der Waals surface area (Å²) < 4.78 is 10.3. The highest BCUT2D eigenvalue weighted by atomic mass is 32.2. The van der Waals surface area contributed by atoms with E-state index in [2.05, 4.69) is 22.4 Å². The summed E-state index contributed by atoms with van der Waals surface area (Å²) in [5.41, 5.74) is 1.64. The zero-order valence-corrected chi connectivity index (χ0v) is 17.8. The van der Waals surface area contributed by atoms with E-state index in [0.29, 0.717) is 39.7 Å². The van der Waals surface area contributed by atoms with Crippen LogP contribution < -0.4 is 5.32 Å². The minimum Gasteiger partial charge on any atom is -0.461 e. The van der Waals surface area contributed by atoms with E-state index in [0.717, 1.165) is 24.8 Å². The van der Waals surface area contributed by atoms with Crippen molar-refractivity contribution >= 4 is 39.8 Å². The number of aromatic nitrogens is 2. The van der Waals surface area contributed by atoms with Gasteiger partial charge in [-0.2, -0.15) is 4.98 Å². The molecular weight excluding hydrogens is 410 g/mol. The van der Waals surface area contributed by atoms with Gasteiger partial charge in [0.15, 0.2) is 11.6 Å². The van der Waals surface area contributed by atoms with E-state index in [9.17, 15) is 9.59 Å². The first-order valence-electron chi connectivity index (χ1n) is 9.40. The number of thiophene rings is 1. The van der Waals surface area contributed by atoms with Gasteiger partial charge in [0.1, 0.15) is 5.00 Å². The molecule has 3 aromatic heterocycles. The van der Waals surface area contributed by atoms with Crippen LogP contribution in [0.5, 0.6) is 0 Å². The summed E-state index contributed by atoms with van der Waals surface area (Å²) in [6.45, 7) is 3.94. The zero-order chi connectivity index (χ0) is 20.4. The first-order valence-corrected chi connectivity index (χ1v) is 11.4. The van der Waals surface area contributed by atoms with E-state index in [1.807, 2.05) is 0 Å². The average Bonchev–Trinajstić information content (AvgIpc) is 3.41. The second kappa shape index (κ2) is 8.54. The molecule has 4 rings (SSSR count). The van der Waals surface area contributed by atoms with Gasteiger partial charge in [0, 0.05) is 11.8 Å². The topological polar surface area (TPSA) is 98.2 Å². The molecule has 7 nitrogen and oxygen atoms in total. The van der Waals surface area contributed by atoms with Crippen LogP contribution in [0.15, 0.2) is 27.3 Å². The summed E-state index contributed by atoms with van der Waals surface area (Å²) in [7, 11) is 0. The molecule has 152 valence electrons. The predicted octanol–water partition coefficient (Wildman–Crippen LogP) is 4.26. The van der Waals surface area contributed by atoms with E-state index < -0.39 is 0 Å². The zero-order valence-electron chi connectivity index (χ0n) is 16.2. The lowest BCUT2D eigenvalue weighted by Crippen LogP contribution is -2.17.